The lowest BCUT2D eigenvalue weighted by molar-refractivity contribution is 0.313. The molecular formula is C20H23ClN6O2S. The van der Waals surface area contributed by atoms with Crippen LogP contribution < -0.4 is 4.90 Å². The van der Waals surface area contributed by atoms with Gasteiger partial charge in [0.2, 0.25) is 0 Å². The lowest BCUT2D eigenvalue weighted by atomic mass is 10.1. The Hall–Kier alpha value is -2.54. The smallest absolute Gasteiger partial charge is 0.182 e. The number of nitrogens with zero attached hydrogens (tertiary/aromatic N) is 5. The van der Waals surface area contributed by atoms with Gasteiger partial charge in [0, 0.05) is 38.3 Å². The molecule has 0 bridgehead atoms. The van der Waals surface area contributed by atoms with Crippen LogP contribution in [0.25, 0.3) is 0 Å². The first-order valence-corrected chi connectivity index (χ1v) is 11.4. The highest BCUT2D eigenvalue weighted by molar-refractivity contribution is 7.92. The summed E-state index contributed by atoms with van der Waals surface area (Å²) in [5.41, 5.74) is 1.17. The first kappa shape index (κ1) is 22.2. The first-order chi connectivity index (χ1) is 14.2. The van der Waals surface area contributed by atoms with Crippen LogP contribution in [0.4, 0.5) is 5.69 Å². The Morgan fingerprint density at radius 2 is 2.00 bits per heavy atom. The fourth-order valence-corrected chi connectivity index (χ4v) is 5.17. The van der Waals surface area contributed by atoms with Crippen molar-refractivity contribution in [2.24, 2.45) is 0 Å². The van der Waals surface area contributed by atoms with E-state index in [-0.39, 0.29) is 33.4 Å². The number of anilines is 1. The summed E-state index contributed by atoms with van der Waals surface area (Å²) in [5.74, 6) is 0. The molecule has 2 heterocycles. The number of piperazine rings is 1. The van der Waals surface area contributed by atoms with Gasteiger partial charge in [-0.3, -0.25) is 4.98 Å². The number of nitrogens with one attached hydrogen (secondary N) is 1. The van der Waals surface area contributed by atoms with E-state index in [1.54, 1.807) is 18.2 Å². The topological polar surface area (TPSA) is 114 Å². The van der Waals surface area contributed by atoms with Gasteiger partial charge in [0.25, 0.3) is 0 Å². The quantitative estimate of drug-likeness (QED) is 0.677. The van der Waals surface area contributed by atoms with E-state index < -0.39 is 15.1 Å². The van der Waals surface area contributed by atoms with E-state index in [0.717, 1.165) is 31.9 Å². The number of halogens is 1. The summed E-state index contributed by atoms with van der Waals surface area (Å²) in [5, 5.41) is 16.4. The highest BCUT2D eigenvalue weighted by atomic mass is 35.5. The third-order valence-electron chi connectivity index (χ3n) is 5.17. The van der Waals surface area contributed by atoms with E-state index in [9.17, 15) is 8.42 Å². The molecule has 30 heavy (non-hydrogen) atoms. The monoisotopic (exact) mass is 446 g/mol. The maximum atomic E-state index is 13.1. The normalized spacial score (nSPS) is 16.1. The van der Waals surface area contributed by atoms with E-state index >= 15 is 0 Å². The Morgan fingerprint density at radius 3 is 2.63 bits per heavy atom. The molecule has 0 unspecified atom stereocenters. The van der Waals surface area contributed by atoms with Crippen LogP contribution in [0.2, 0.25) is 5.02 Å². The van der Waals surface area contributed by atoms with Crippen molar-refractivity contribution in [1.82, 2.24) is 14.9 Å². The zero-order valence-corrected chi connectivity index (χ0v) is 18.4. The highest BCUT2D eigenvalue weighted by Crippen LogP contribution is 2.31. The minimum atomic E-state index is -3.76. The van der Waals surface area contributed by atoms with Crippen molar-refractivity contribution >= 4 is 32.8 Å². The third kappa shape index (κ3) is 4.78. The Labute approximate surface area is 181 Å². The number of sulfone groups is 1. The molecule has 3 rings (SSSR count). The number of benzene rings is 1. The Kier molecular flexibility index (Phi) is 6.71. The van der Waals surface area contributed by atoms with Gasteiger partial charge in [-0.05, 0) is 32.2 Å². The molecule has 0 saturated carbocycles. The highest BCUT2D eigenvalue weighted by Gasteiger charge is 2.28. The summed E-state index contributed by atoms with van der Waals surface area (Å²) < 4.78 is 26.2. The lowest BCUT2D eigenvalue weighted by Crippen LogP contribution is -2.44. The molecular weight excluding hydrogens is 424 g/mol. The molecule has 1 N–H and O–H groups in total. The minimum absolute atomic E-state index is 0.000791. The molecule has 1 aromatic heterocycles. The van der Waals surface area contributed by atoms with Crippen molar-refractivity contribution in [3.05, 3.63) is 47.0 Å². The van der Waals surface area contributed by atoms with E-state index in [1.807, 2.05) is 6.07 Å². The predicted octanol–water partition coefficient (Wildman–Crippen LogP) is 2.37. The maximum absolute atomic E-state index is 13.1. The van der Waals surface area contributed by atoms with Crippen molar-refractivity contribution in [2.45, 2.75) is 23.5 Å². The molecule has 0 radical (unpaired) electrons. The zero-order chi connectivity index (χ0) is 21.9. The molecule has 1 saturated heterocycles. The van der Waals surface area contributed by atoms with Crippen LogP contribution in [0, 0.1) is 16.7 Å². The van der Waals surface area contributed by atoms with Gasteiger partial charge < -0.3 is 15.2 Å². The average molecular weight is 447 g/mol. The lowest BCUT2D eigenvalue weighted by Gasteiger charge is -2.34. The Morgan fingerprint density at radius 1 is 1.30 bits per heavy atom. The van der Waals surface area contributed by atoms with Crippen molar-refractivity contribution in [3.8, 4) is 6.07 Å². The van der Waals surface area contributed by atoms with Crippen LogP contribution in [-0.4, -0.2) is 67.5 Å². The van der Waals surface area contributed by atoms with E-state index in [4.69, 9.17) is 22.3 Å². The number of hydrogen-bond donors (Lipinski definition) is 1. The summed E-state index contributed by atoms with van der Waals surface area (Å²) in [6.45, 7) is 5.13. The largest absolute Gasteiger partial charge is 0.369 e. The second kappa shape index (κ2) is 9.08. The summed E-state index contributed by atoms with van der Waals surface area (Å²) in [6, 6.07) is 6.88. The number of rotatable bonds is 6. The Balaban J connectivity index is 1.77. The summed E-state index contributed by atoms with van der Waals surface area (Å²) >= 11 is 6.37. The van der Waals surface area contributed by atoms with Gasteiger partial charge in [-0.25, -0.2) is 13.4 Å². The van der Waals surface area contributed by atoms with Gasteiger partial charge >= 0.3 is 0 Å². The van der Waals surface area contributed by atoms with E-state index in [2.05, 4.69) is 26.8 Å². The first-order valence-electron chi connectivity index (χ1n) is 9.49. The summed E-state index contributed by atoms with van der Waals surface area (Å²) in [4.78, 5) is 12.4. The average Bonchev–Trinajstić information content (AvgIpc) is 2.74. The van der Waals surface area contributed by atoms with Gasteiger partial charge in [-0.2, -0.15) is 5.26 Å². The molecule has 1 fully saturated rings. The predicted molar refractivity (Wildman–Crippen MR) is 116 cm³/mol. The Bertz CT molecular complexity index is 1090. The van der Waals surface area contributed by atoms with Gasteiger partial charge in [-0.1, -0.05) is 11.6 Å². The zero-order valence-electron chi connectivity index (χ0n) is 16.8. The SMILES string of the molecule is C[C@@H](CC(=N)c1cncc(C#N)n1)S(=O)(=O)c1ccc(N2CCN(C)CC2)cc1Cl. The van der Waals surface area contributed by atoms with Crippen LogP contribution in [0.15, 0.2) is 35.5 Å². The van der Waals surface area contributed by atoms with E-state index in [0.29, 0.717) is 0 Å². The van der Waals surface area contributed by atoms with Crippen LogP contribution in [0.3, 0.4) is 0 Å². The van der Waals surface area contributed by atoms with E-state index in [1.165, 1.54) is 19.3 Å². The van der Waals surface area contributed by atoms with Crippen LogP contribution in [0.5, 0.6) is 0 Å². The second-order valence-electron chi connectivity index (χ2n) is 7.34. The van der Waals surface area contributed by atoms with Gasteiger partial charge in [0.1, 0.15) is 11.8 Å². The molecule has 10 heteroatoms. The fraction of sp³-hybridized carbons (Fsp3) is 0.400. The molecule has 8 nitrogen and oxygen atoms in total. The van der Waals surface area contributed by atoms with Crippen LogP contribution >= 0.6 is 11.6 Å². The fourth-order valence-electron chi connectivity index (χ4n) is 3.27. The third-order valence-corrected chi connectivity index (χ3v) is 7.79. The second-order valence-corrected chi connectivity index (χ2v) is 10.1. The summed E-state index contributed by atoms with van der Waals surface area (Å²) in [7, 11) is -1.69. The van der Waals surface area contributed by atoms with Crippen molar-refractivity contribution in [3.63, 3.8) is 0 Å². The van der Waals surface area contributed by atoms with Gasteiger partial charge in [0.05, 0.1) is 33.3 Å². The molecule has 0 aliphatic carbocycles. The van der Waals surface area contributed by atoms with Gasteiger partial charge in [0.15, 0.2) is 15.5 Å². The molecule has 2 aromatic rings. The van der Waals surface area contributed by atoms with Gasteiger partial charge in [-0.15, -0.1) is 0 Å². The number of nitriles is 1. The standard InChI is InChI=1S/C20H23ClN6O2S/c1-14(9-18(23)19-13-24-12-15(11-22)25-19)30(28,29)20-4-3-16(10-17(20)21)27-7-5-26(2)6-8-27/h3-4,10,12-14,23H,5-9H2,1-2H3/t14-/m0/s1. The minimum Gasteiger partial charge on any atom is -0.369 e. The molecule has 1 atom stereocenters. The molecule has 1 aliphatic heterocycles. The molecule has 0 spiro atoms. The number of likely N-dealkylation sites (N-methyl/N-ethyl adjacent to an activating group) is 1. The van der Waals surface area contributed by atoms with Crippen LogP contribution in [-0.2, 0) is 9.84 Å². The number of hydrogen-bond acceptors (Lipinski definition) is 8. The van der Waals surface area contributed by atoms with Crippen LogP contribution in [0.1, 0.15) is 24.7 Å². The number of aromatic nitrogens is 2. The van der Waals surface area contributed by atoms with Crippen molar-refractivity contribution in [1.29, 1.82) is 10.7 Å². The maximum Gasteiger partial charge on any atom is 0.182 e. The molecule has 0 amide bonds. The molecule has 158 valence electrons. The summed E-state index contributed by atoms with van der Waals surface area (Å²) in [6.07, 6.45) is 2.57. The van der Waals surface area contributed by atoms with Crippen molar-refractivity contribution in [2.75, 3.05) is 38.1 Å². The molecule has 1 aromatic carbocycles. The van der Waals surface area contributed by atoms with Crippen molar-refractivity contribution < 1.29 is 8.42 Å². The molecule has 1 aliphatic rings.